The van der Waals surface area contributed by atoms with E-state index < -0.39 is 0 Å². The molecular weight excluding hydrogens is 312 g/mol. The third kappa shape index (κ3) is 4.70. The van der Waals surface area contributed by atoms with Gasteiger partial charge in [0.15, 0.2) is 0 Å². The van der Waals surface area contributed by atoms with Crippen molar-refractivity contribution < 1.29 is 0 Å². The summed E-state index contributed by atoms with van der Waals surface area (Å²) in [5.74, 6) is 2.19. The van der Waals surface area contributed by atoms with Gasteiger partial charge in [-0.15, -0.1) is 0 Å². The maximum Gasteiger partial charge on any atom is -0.0297 e. The average Bonchev–Trinajstić information content (AvgIpc) is 2.62. The van der Waals surface area contributed by atoms with Crippen LogP contribution >= 0.6 is 0 Å². The number of hydrogen-bond acceptors (Lipinski definition) is 0. The van der Waals surface area contributed by atoms with Gasteiger partial charge < -0.3 is 0 Å². The van der Waals surface area contributed by atoms with Crippen molar-refractivity contribution in [2.75, 3.05) is 0 Å². The van der Waals surface area contributed by atoms with E-state index >= 15 is 0 Å². The lowest BCUT2D eigenvalue weighted by Gasteiger charge is -2.45. The maximum absolute atomic E-state index is 1.60. The first kappa shape index (κ1) is 19.3. The molecule has 0 nitrogen and oxygen atoms in total. The third-order valence-electron chi connectivity index (χ3n) is 9.65. The van der Waals surface area contributed by atoms with E-state index in [9.17, 15) is 0 Å². The molecule has 0 amide bonds. The van der Waals surface area contributed by atoms with Gasteiger partial charge in [-0.05, 0) is 86.9 Å². The Kier molecular flexibility index (Phi) is 6.69. The molecule has 0 aromatic carbocycles. The van der Waals surface area contributed by atoms with Crippen LogP contribution in [-0.2, 0) is 0 Å². The Balaban J connectivity index is 1.37. The summed E-state index contributed by atoms with van der Waals surface area (Å²) in [6.07, 6.45) is 34.4. The van der Waals surface area contributed by atoms with Crippen LogP contribution in [0.4, 0.5) is 0 Å². The largest absolute Gasteiger partial charge is 0.0533 e. The highest BCUT2D eigenvalue weighted by Gasteiger charge is 2.38. The quantitative estimate of drug-likeness (QED) is 0.405. The van der Waals surface area contributed by atoms with Crippen molar-refractivity contribution in [3.63, 3.8) is 0 Å². The van der Waals surface area contributed by atoms with Gasteiger partial charge in [0.05, 0.1) is 0 Å². The second-order valence-electron chi connectivity index (χ2n) is 11.2. The lowest BCUT2D eigenvalue weighted by molar-refractivity contribution is 0.0710. The van der Waals surface area contributed by atoms with Crippen molar-refractivity contribution in [3.8, 4) is 0 Å². The first-order valence-electron chi connectivity index (χ1n) is 12.8. The van der Waals surface area contributed by atoms with E-state index in [0.29, 0.717) is 0 Å². The van der Waals surface area contributed by atoms with Crippen LogP contribution in [-0.4, -0.2) is 0 Å². The molecule has 0 heteroatoms. The molecule has 26 heavy (non-hydrogen) atoms. The minimum atomic E-state index is 0.776. The first-order valence-corrected chi connectivity index (χ1v) is 12.8. The van der Waals surface area contributed by atoms with Crippen molar-refractivity contribution >= 4 is 0 Å². The molecule has 0 heterocycles. The molecule has 150 valence electrons. The smallest absolute Gasteiger partial charge is 0.0297 e. The molecular formula is C26H46. The van der Waals surface area contributed by atoms with Crippen LogP contribution in [0.3, 0.4) is 0 Å². The second-order valence-corrected chi connectivity index (χ2v) is 11.2. The standard InChI is InChI=1S/C26H46/c1-2-5-15-25(16-6-3-1)19-9-11-24-14-22-26(17-7-4-8-18-26)20-10-12-23(24)13-21-25/h23-24H,1-22H2. The molecule has 4 fully saturated rings. The van der Waals surface area contributed by atoms with Gasteiger partial charge in [0, 0.05) is 0 Å². The highest BCUT2D eigenvalue weighted by Crippen LogP contribution is 2.52. The molecule has 2 spiro atoms. The minimum Gasteiger partial charge on any atom is -0.0533 e. The predicted octanol–water partition coefficient (Wildman–Crippen LogP) is 8.83. The molecule has 0 bridgehead atoms. The van der Waals surface area contributed by atoms with Crippen molar-refractivity contribution in [2.24, 2.45) is 22.7 Å². The van der Waals surface area contributed by atoms with Gasteiger partial charge in [-0.25, -0.2) is 0 Å². The average molecular weight is 359 g/mol. The van der Waals surface area contributed by atoms with Gasteiger partial charge in [-0.3, -0.25) is 0 Å². The van der Waals surface area contributed by atoms with Crippen molar-refractivity contribution in [3.05, 3.63) is 0 Å². The fourth-order valence-electron chi connectivity index (χ4n) is 7.90. The Morgan fingerprint density at radius 2 is 0.654 bits per heavy atom. The maximum atomic E-state index is 1.60. The minimum absolute atomic E-state index is 0.776. The van der Waals surface area contributed by atoms with Crippen molar-refractivity contribution in [1.82, 2.24) is 0 Å². The van der Waals surface area contributed by atoms with Gasteiger partial charge in [0.25, 0.3) is 0 Å². The fourth-order valence-corrected chi connectivity index (χ4v) is 7.90. The summed E-state index contributed by atoms with van der Waals surface area (Å²) in [5, 5.41) is 0. The molecule has 0 aromatic heterocycles. The van der Waals surface area contributed by atoms with Gasteiger partial charge >= 0.3 is 0 Å². The van der Waals surface area contributed by atoms with Gasteiger partial charge in [0.1, 0.15) is 0 Å². The predicted molar refractivity (Wildman–Crippen MR) is 113 cm³/mol. The van der Waals surface area contributed by atoms with Crippen LogP contribution in [0.15, 0.2) is 0 Å². The molecule has 4 saturated carbocycles. The third-order valence-corrected chi connectivity index (χ3v) is 9.65. The topological polar surface area (TPSA) is 0 Å². The zero-order valence-electron chi connectivity index (χ0n) is 17.7. The molecule has 4 aliphatic carbocycles. The normalized spacial score (nSPS) is 36.0. The molecule has 0 N–H and O–H groups in total. The monoisotopic (exact) mass is 358 g/mol. The van der Waals surface area contributed by atoms with E-state index in [1.54, 1.807) is 89.9 Å². The Labute approximate surface area is 164 Å². The number of hydrogen-bond donors (Lipinski definition) is 0. The van der Waals surface area contributed by atoms with Gasteiger partial charge in [0.2, 0.25) is 0 Å². The first-order chi connectivity index (χ1) is 12.8. The Morgan fingerprint density at radius 3 is 1.12 bits per heavy atom. The Morgan fingerprint density at radius 1 is 0.308 bits per heavy atom. The van der Waals surface area contributed by atoms with E-state index in [2.05, 4.69) is 0 Å². The summed E-state index contributed by atoms with van der Waals surface area (Å²) in [5.41, 5.74) is 1.57. The van der Waals surface area contributed by atoms with E-state index in [1.165, 1.54) is 51.4 Å². The summed E-state index contributed by atoms with van der Waals surface area (Å²) < 4.78 is 0. The Hall–Kier alpha value is 0. The van der Waals surface area contributed by atoms with Crippen LogP contribution in [0.25, 0.3) is 0 Å². The van der Waals surface area contributed by atoms with Gasteiger partial charge in [-0.2, -0.15) is 0 Å². The summed E-state index contributed by atoms with van der Waals surface area (Å²) >= 11 is 0. The zero-order valence-corrected chi connectivity index (χ0v) is 17.7. The molecule has 2 unspecified atom stereocenters. The summed E-state index contributed by atoms with van der Waals surface area (Å²) in [6, 6.07) is 0. The van der Waals surface area contributed by atoms with Gasteiger partial charge in [-0.1, -0.05) is 77.0 Å². The van der Waals surface area contributed by atoms with E-state index in [0.717, 1.165) is 22.7 Å². The van der Waals surface area contributed by atoms with E-state index in [-0.39, 0.29) is 0 Å². The second kappa shape index (κ2) is 9.00. The van der Waals surface area contributed by atoms with Crippen LogP contribution in [0.5, 0.6) is 0 Å². The number of rotatable bonds is 0. The highest BCUT2D eigenvalue weighted by atomic mass is 14.4. The summed E-state index contributed by atoms with van der Waals surface area (Å²) in [7, 11) is 0. The highest BCUT2D eigenvalue weighted by molar-refractivity contribution is 4.90. The lowest BCUT2D eigenvalue weighted by atomic mass is 9.61. The molecule has 4 rings (SSSR count). The van der Waals surface area contributed by atoms with Crippen molar-refractivity contribution in [1.29, 1.82) is 0 Å². The lowest BCUT2D eigenvalue weighted by Crippen LogP contribution is -2.32. The van der Waals surface area contributed by atoms with Crippen LogP contribution in [0.1, 0.15) is 141 Å². The van der Waals surface area contributed by atoms with Crippen LogP contribution < -0.4 is 0 Å². The van der Waals surface area contributed by atoms with Crippen LogP contribution in [0, 0.1) is 22.7 Å². The molecule has 0 saturated heterocycles. The fraction of sp³-hybridized carbons (Fsp3) is 1.00. The summed E-state index contributed by atoms with van der Waals surface area (Å²) in [4.78, 5) is 0. The van der Waals surface area contributed by atoms with Crippen molar-refractivity contribution in [2.45, 2.75) is 141 Å². The molecule has 2 atom stereocenters. The SMILES string of the molecule is C1CCCC2(CCC1)CCCC1CCC3(CCCCC3)CCCC1CC2. The Bertz CT molecular complexity index is 408. The number of fused-ring (bicyclic) bond motifs is 1. The molecule has 0 aliphatic heterocycles. The summed E-state index contributed by atoms with van der Waals surface area (Å²) in [6.45, 7) is 0. The van der Waals surface area contributed by atoms with E-state index in [4.69, 9.17) is 0 Å². The molecule has 0 aromatic rings. The van der Waals surface area contributed by atoms with E-state index in [1.807, 2.05) is 0 Å². The molecule has 0 radical (unpaired) electrons. The zero-order chi connectivity index (χ0) is 17.7. The van der Waals surface area contributed by atoms with Crippen LogP contribution in [0.2, 0.25) is 0 Å². The molecule has 4 aliphatic rings.